The Morgan fingerprint density at radius 2 is 2.00 bits per heavy atom. The molecule has 3 atom stereocenters. The van der Waals surface area contributed by atoms with E-state index in [1.54, 1.807) is 0 Å². The van der Waals surface area contributed by atoms with E-state index in [9.17, 15) is 4.79 Å². The molecule has 0 bridgehead atoms. The van der Waals surface area contributed by atoms with Crippen LogP contribution in [0.25, 0.3) is 0 Å². The first-order valence-corrected chi connectivity index (χ1v) is 7.90. The fourth-order valence-corrected chi connectivity index (χ4v) is 3.16. The van der Waals surface area contributed by atoms with Crippen LogP contribution in [0, 0.1) is 5.92 Å². The highest BCUT2D eigenvalue weighted by atomic mass is 16.5. The normalized spacial score (nSPS) is 26.3. The molecule has 1 saturated carbocycles. The molecule has 1 aliphatic carbocycles. The van der Waals surface area contributed by atoms with Crippen LogP contribution in [-0.2, 0) is 14.3 Å². The second kappa shape index (κ2) is 7.99. The monoisotopic (exact) mass is 285 g/mol. The summed E-state index contributed by atoms with van der Waals surface area (Å²) >= 11 is 0. The summed E-state index contributed by atoms with van der Waals surface area (Å²) in [7, 11) is 1.43. The van der Waals surface area contributed by atoms with E-state index < -0.39 is 5.54 Å². The maximum absolute atomic E-state index is 12.0. The SMILES string of the molecule is CCC1CCCCC1OCC(C)(NC(C)C)C(=O)OC. The molecule has 0 radical (unpaired) electrons. The van der Waals surface area contributed by atoms with Crippen molar-refractivity contribution < 1.29 is 14.3 Å². The summed E-state index contributed by atoms with van der Waals surface area (Å²) in [6, 6.07) is 0.205. The molecule has 0 spiro atoms. The van der Waals surface area contributed by atoms with Gasteiger partial charge in [-0.2, -0.15) is 0 Å². The molecule has 0 aromatic rings. The first-order chi connectivity index (χ1) is 9.42. The molecule has 0 aromatic carbocycles. The predicted molar refractivity (Wildman–Crippen MR) is 80.7 cm³/mol. The van der Waals surface area contributed by atoms with Crippen molar-refractivity contribution in [2.75, 3.05) is 13.7 Å². The topological polar surface area (TPSA) is 47.6 Å². The fraction of sp³-hybridized carbons (Fsp3) is 0.938. The summed E-state index contributed by atoms with van der Waals surface area (Å²) in [6.45, 7) is 8.51. The third kappa shape index (κ3) is 4.74. The zero-order valence-corrected chi connectivity index (χ0v) is 13.7. The van der Waals surface area contributed by atoms with Crippen LogP contribution in [0.5, 0.6) is 0 Å². The van der Waals surface area contributed by atoms with E-state index >= 15 is 0 Å². The highest BCUT2D eigenvalue weighted by molar-refractivity contribution is 5.80. The number of carbonyl (C=O) groups is 1. The number of carbonyl (C=O) groups excluding carboxylic acids is 1. The summed E-state index contributed by atoms with van der Waals surface area (Å²) < 4.78 is 11.0. The number of hydrogen-bond donors (Lipinski definition) is 1. The average molecular weight is 285 g/mol. The number of esters is 1. The number of nitrogens with one attached hydrogen (secondary N) is 1. The molecule has 0 heterocycles. The van der Waals surface area contributed by atoms with E-state index in [1.165, 1.54) is 26.4 Å². The maximum atomic E-state index is 12.0. The van der Waals surface area contributed by atoms with Gasteiger partial charge in [-0.05, 0) is 39.5 Å². The van der Waals surface area contributed by atoms with Crippen LogP contribution in [-0.4, -0.2) is 37.4 Å². The molecule has 20 heavy (non-hydrogen) atoms. The Morgan fingerprint density at radius 3 is 2.55 bits per heavy atom. The van der Waals surface area contributed by atoms with Gasteiger partial charge in [-0.3, -0.25) is 5.32 Å². The van der Waals surface area contributed by atoms with Gasteiger partial charge in [0.2, 0.25) is 0 Å². The molecule has 3 unspecified atom stereocenters. The van der Waals surface area contributed by atoms with Gasteiger partial charge in [0, 0.05) is 6.04 Å². The van der Waals surface area contributed by atoms with Gasteiger partial charge in [0.1, 0.15) is 5.54 Å². The van der Waals surface area contributed by atoms with Crippen molar-refractivity contribution in [3.05, 3.63) is 0 Å². The smallest absolute Gasteiger partial charge is 0.328 e. The van der Waals surface area contributed by atoms with E-state index in [2.05, 4.69) is 12.2 Å². The maximum Gasteiger partial charge on any atom is 0.328 e. The molecule has 0 aromatic heterocycles. The minimum Gasteiger partial charge on any atom is -0.468 e. The molecule has 1 rings (SSSR count). The summed E-state index contributed by atoms with van der Waals surface area (Å²) in [5, 5.41) is 3.28. The van der Waals surface area contributed by atoms with Crippen LogP contribution < -0.4 is 5.32 Å². The average Bonchev–Trinajstić information content (AvgIpc) is 2.43. The largest absolute Gasteiger partial charge is 0.468 e. The Hall–Kier alpha value is -0.610. The molecule has 0 aliphatic heterocycles. The molecule has 0 amide bonds. The summed E-state index contributed by atoms with van der Waals surface area (Å²) in [6.07, 6.45) is 6.32. The number of methoxy groups -OCH3 is 1. The Morgan fingerprint density at radius 1 is 1.35 bits per heavy atom. The van der Waals surface area contributed by atoms with E-state index in [1.807, 2.05) is 20.8 Å². The Balaban J connectivity index is 2.63. The predicted octanol–water partition coefficient (Wildman–Crippen LogP) is 2.90. The van der Waals surface area contributed by atoms with Gasteiger partial charge in [-0.15, -0.1) is 0 Å². The van der Waals surface area contributed by atoms with Crippen molar-refractivity contribution in [3.63, 3.8) is 0 Å². The van der Waals surface area contributed by atoms with Crippen LogP contribution in [0.2, 0.25) is 0 Å². The summed E-state index contributed by atoms with van der Waals surface area (Å²) in [5.74, 6) is 0.375. The van der Waals surface area contributed by atoms with E-state index in [-0.39, 0.29) is 18.1 Å². The van der Waals surface area contributed by atoms with Crippen LogP contribution in [0.3, 0.4) is 0 Å². The summed E-state index contributed by atoms with van der Waals surface area (Å²) in [4.78, 5) is 12.0. The fourth-order valence-electron chi connectivity index (χ4n) is 3.16. The molecule has 4 nitrogen and oxygen atoms in total. The van der Waals surface area contributed by atoms with E-state index in [0.29, 0.717) is 12.5 Å². The van der Waals surface area contributed by atoms with Crippen LogP contribution >= 0.6 is 0 Å². The lowest BCUT2D eigenvalue weighted by atomic mass is 9.84. The number of hydrogen-bond acceptors (Lipinski definition) is 4. The lowest BCUT2D eigenvalue weighted by Crippen LogP contribution is -2.56. The molecular formula is C16H31NO3. The van der Waals surface area contributed by atoms with Gasteiger partial charge in [0.25, 0.3) is 0 Å². The van der Waals surface area contributed by atoms with Crippen LogP contribution in [0.15, 0.2) is 0 Å². The molecule has 1 N–H and O–H groups in total. The molecule has 0 saturated heterocycles. The number of rotatable bonds is 7. The van der Waals surface area contributed by atoms with Crippen LogP contribution in [0.1, 0.15) is 59.8 Å². The second-order valence-electron chi connectivity index (χ2n) is 6.42. The van der Waals surface area contributed by atoms with Crippen molar-refractivity contribution in [1.29, 1.82) is 0 Å². The van der Waals surface area contributed by atoms with Gasteiger partial charge >= 0.3 is 5.97 Å². The second-order valence-corrected chi connectivity index (χ2v) is 6.42. The molecule has 1 aliphatic rings. The quantitative estimate of drug-likeness (QED) is 0.731. The van der Waals surface area contributed by atoms with Crippen molar-refractivity contribution in [2.45, 2.75) is 77.5 Å². The molecule has 4 heteroatoms. The Bertz CT molecular complexity index is 306. The van der Waals surface area contributed by atoms with Gasteiger partial charge in [-0.25, -0.2) is 4.79 Å². The van der Waals surface area contributed by atoms with Crippen molar-refractivity contribution in [3.8, 4) is 0 Å². The number of ether oxygens (including phenoxy) is 2. The first kappa shape index (κ1) is 17.4. The third-order valence-corrected chi connectivity index (χ3v) is 4.19. The lowest BCUT2D eigenvalue weighted by molar-refractivity contribution is -0.153. The molecular weight excluding hydrogens is 254 g/mol. The lowest BCUT2D eigenvalue weighted by Gasteiger charge is -2.35. The van der Waals surface area contributed by atoms with Gasteiger partial charge in [0.15, 0.2) is 0 Å². The van der Waals surface area contributed by atoms with Crippen molar-refractivity contribution in [1.82, 2.24) is 5.32 Å². The Kier molecular flexibility index (Phi) is 6.96. The van der Waals surface area contributed by atoms with E-state index in [4.69, 9.17) is 9.47 Å². The minimum absolute atomic E-state index is 0.205. The molecule has 1 fully saturated rings. The molecule has 118 valence electrons. The van der Waals surface area contributed by atoms with Crippen molar-refractivity contribution in [2.24, 2.45) is 5.92 Å². The first-order valence-electron chi connectivity index (χ1n) is 7.90. The van der Waals surface area contributed by atoms with Crippen LogP contribution in [0.4, 0.5) is 0 Å². The zero-order valence-electron chi connectivity index (χ0n) is 13.7. The highest BCUT2D eigenvalue weighted by Gasteiger charge is 2.37. The third-order valence-electron chi connectivity index (χ3n) is 4.19. The van der Waals surface area contributed by atoms with Gasteiger partial charge < -0.3 is 9.47 Å². The zero-order chi connectivity index (χ0) is 15.2. The van der Waals surface area contributed by atoms with Gasteiger partial charge in [0.05, 0.1) is 19.8 Å². The van der Waals surface area contributed by atoms with E-state index in [0.717, 1.165) is 12.8 Å². The highest BCUT2D eigenvalue weighted by Crippen LogP contribution is 2.29. The standard InChI is InChI=1S/C16H31NO3/c1-6-13-9-7-8-10-14(13)20-11-16(4,15(18)19-5)17-12(2)3/h12-14,17H,6-11H2,1-5H3. The Labute approximate surface area is 123 Å². The van der Waals surface area contributed by atoms with Gasteiger partial charge in [-0.1, -0.05) is 26.2 Å². The minimum atomic E-state index is -0.765. The van der Waals surface area contributed by atoms with Crippen molar-refractivity contribution >= 4 is 5.97 Å². The summed E-state index contributed by atoms with van der Waals surface area (Å²) in [5.41, 5.74) is -0.765.